The number of hydrogen-bond acceptors (Lipinski definition) is 3. The molecule has 0 aliphatic rings. The Balaban J connectivity index is 1.56. The van der Waals surface area contributed by atoms with E-state index in [0.717, 1.165) is 60.2 Å². The van der Waals surface area contributed by atoms with Gasteiger partial charge in [-0.15, -0.1) is 0 Å². The van der Waals surface area contributed by atoms with Gasteiger partial charge in [0.15, 0.2) is 0 Å². The molecule has 0 saturated heterocycles. The van der Waals surface area contributed by atoms with Crippen molar-refractivity contribution in [3.63, 3.8) is 0 Å². The minimum atomic E-state index is 0.236. The number of benzene rings is 5. The fourth-order valence-electron chi connectivity index (χ4n) is 5.12. The van der Waals surface area contributed by atoms with Gasteiger partial charge in [0.05, 0.1) is 16.7 Å². The van der Waals surface area contributed by atoms with E-state index in [9.17, 15) is 5.11 Å². The Bertz CT molecular complexity index is 1920. The maximum atomic E-state index is 11.8. The van der Waals surface area contributed by atoms with Crippen molar-refractivity contribution in [1.29, 1.82) is 0 Å². The first-order valence-corrected chi connectivity index (χ1v) is 11.7. The molecule has 0 saturated carbocycles. The van der Waals surface area contributed by atoms with Crippen LogP contribution < -0.4 is 0 Å². The number of phenols is 1. The largest absolute Gasteiger partial charge is 0.507 e. The average molecular weight is 449 g/mol. The molecule has 0 atom stereocenters. The molecule has 0 bridgehead atoms. The highest BCUT2D eigenvalue weighted by molar-refractivity contribution is 6.10. The predicted molar refractivity (Wildman–Crippen MR) is 145 cm³/mol. The Morgan fingerprint density at radius 1 is 0.514 bits per heavy atom. The second kappa shape index (κ2) is 7.64. The zero-order chi connectivity index (χ0) is 23.4. The quantitative estimate of drug-likeness (QED) is 0.272. The summed E-state index contributed by atoms with van der Waals surface area (Å²) in [4.78, 5) is 9.61. The fourth-order valence-corrected chi connectivity index (χ4v) is 5.12. The van der Waals surface area contributed by atoms with Crippen LogP contribution in [0.1, 0.15) is 0 Å². The van der Waals surface area contributed by atoms with Crippen LogP contribution in [0.3, 0.4) is 0 Å². The SMILES string of the molecule is Oc1c(-c2ccc3ccc4cccnc4c3n2)cc2ccccc2c1-c1cccc2ccccc12. The van der Waals surface area contributed by atoms with Gasteiger partial charge in [-0.2, -0.15) is 0 Å². The summed E-state index contributed by atoms with van der Waals surface area (Å²) in [6, 6.07) is 36.9. The van der Waals surface area contributed by atoms with Crippen LogP contribution >= 0.6 is 0 Å². The fraction of sp³-hybridized carbons (Fsp3) is 0. The third-order valence-corrected chi connectivity index (χ3v) is 6.79. The maximum Gasteiger partial charge on any atom is 0.133 e. The van der Waals surface area contributed by atoms with Crippen molar-refractivity contribution in [1.82, 2.24) is 9.97 Å². The van der Waals surface area contributed by atoms with Gasteiger partial charge in [-0.05, 0) is 45.3 Å². The minimum absolute atomic E-state index is 0.236. The van der Waals surface area contributed by atoms with Gasteiger partial charge < -0.3 is 5.11 Å². The highest BCUT2D eigenvalue weighted by Gasteiger charge is 2.18. The van der Waals surface area contributed by atoms with Crippen LogP contribution in [0.25, 0.3) is 65.7 Å². The van der Waals surface area contributed by atoms with Crippen LogP contribution in [0.15, 0.2) is 115 Å². The number of pyridine rings is 2. The standard InChI is InChI=1S/C32H20N2O/c35-32-27(28-17-16-22-15-14-21-10-6-18-33-30(21)31(22)34-28)19-23-8-2-4-12-25(23)29(32)26-13-5-9-20-7-1-3-11-24(20)26/h1-19,35H. The van der Waals surface area contributed by atoms with Crippen molar-refractivity contribution in [3.05, 3.63) is 115 Å². The van der Waals surface area contributed by atoms with Gasteiger partial charge in [0.1, 0.15) is 5.75 Å². The van der Waals surface area contributed by atoms with Gasteiger partial charge in [0.2, 0.25) is 0 Å². The first kappa shape index (κ1) is 19.7. The van der Waals surface area contributed by atoms with Crippen LogP contribution in [-0.4, -0.2) is 15.1 Å². The molecule has 1 N–H and O–H groups in total. The Hall–Kier alpha value is -4.76. The monoisotopic (exact) mass is 448 g/mol. The Kier molecular flexibility index (Phi) is 4.30. The summed E-state index contributed by atoms with van der Waals surface area (Å²) in [6.07, 6.45) is 1.79. The van der Waals surface area contributed by atoms with Crippen molar-refractivity contribution in [2.75, 3.05) is 0 Å². The van der Waals surface area contributed by atoms with E-state index in [-0.39, 0.29) is 5.75 Å². The molecule has 0 spiro atoms. The number of hydrogen-bond donors (Lipinski definition) is 1. The molecule has 3 nitrogen and oxygen atoms in total. The van der Waals surface area contributed by atoms with E-state index >= 15 is 0 Å². The van der Waals surface area contributed by atoms with Crippen LogP contribution in [0, 0.1) is 0 Å². The van der Waals surface area contributed by atoms with Gasteiger partial charge in [0, 0.05) is 28.1 Å². The molecule has 7 aromatic rings. The first-order valence-electron chi connectivity index (χ1n) is 11.7. The topological polar surface area (TPSA) is 46.0 Å². The molecule has 164 valence electrons. The third kappa shape index (κ3) is 3.06. The Morgan fingerprint density at radius 2 is 1.20 bits per heavy atom. The number of fused-ring (bicyclic) bond motifs is 5. The van der Waals surface area contributed by atoms with Gasteiger partial charge >= 0.3 is 0 Å². The molecule has 0 amide bonds. The molecule has 2 heterocycles. The summed E-state index contributed by atoms with van der Waals surface area (Å²) in [5.74, 6) is 0.236. The molecule has 0 radical (unpaired) electrons. The predicted octanol–water partition coefficient (Wildman–Crippen LogP) is 8.13. The lowest BCUT2D eigenvalue weighted by Crippen LogP contribution is -1.92. The molecule has 7 rings (SSSR count). The van der Waals surface area contributed by atoms with Crippen LogP contribution in [0.4, 0.5) is 0 Å². The summed E-state index contributed by atoms with van der Waals surface area (Å²) in [5, 5.41) is 18.2. The van der Waals surface area contributed by atoms with E-state index in [1.165, 1.54) is 0 Å². The summed E-state index contributed by atoms with van der Waals surface area (Å²) >= 11 is 0. The van der Waals surface area contributed by atoms with E-state index in [4.69, 9.17) is 4.98 Å². The normalized spacial score (nSPS) is 11.5. The molecular formula is C32H20N2O. The van der Waals surface area contributed by atoms with Gasteiger partial charge in [-0.25, -0.2) is 4.98 Å². The third-order valence-electron chi connectivity index (χ3n) is 6.79. The van der Waals surface area contributed by atoms with Gasteiger partial charge in [-0.3, -0.25) is 4.98 Å². The zero-order valence-electron chi connectivity index (χ0n) is 18.8. The second-order valence-corrected chi connectivity index (χ2v) is 8.80. The smallest absolute Gasteiger partial charge is 0.133 e. The van der Waals surface area contributed by atoms with Gasteiger partial charge in [0.25, 0.3) is 0 Å². The molecule has 0 aliphatic heterocycles. The Labute approximate surface area is 202 Å². The first-order chi connectivity index (χ1) is 17.3. The number of aromatic nitrogens is 2. The number of nitrogens with zero attached hydrogens (tertiary/aromatic N) is 2. The van der Waals surface area contributed by atoms with Crippen molar-refractivity contribution in [2.45, 2.75) is 0 Å². The molecule has 0 unspecified atom stereocenters. The summed E-state index contributed by atoms with van der Waals surface area (Å²) in [5.41, 5.74) is 4.96. The van der Waals surface area contributed by atoms with Crippen molar-refractivity contribution >= 4 is 43.4 Å². The molecule has 0 aliphatic carbocycles. The number of phenolic OH excluding ortho intramolecular Hbond substituents is 1. The van der Waals surface area contributed by atoms with Crippen molar-refractivity contribution < 1.29 is 5.11 Å². The summed E-state index contributed by atoms with van der Waals surface area (Å²) < 4.78 is 0. The zero-order valence-corrected chi connectivity index (χ0v) is 18.8. The highest BCUT2D eigenvalue weighted by Crippen LogP contribution is 2.45. The molecule has 2 aromatic heterocycles. The van der Waals surface area contributed by atoms with E-state index < -0.39 is 0 Å². The number of aromatic hydroxyl groups is 1. The lowest BCUT2D eigenvalue weighted by molar-refractivity contribution is 0.480. The average Bonchev–Trinajstić information content (AvgIpc) is 2.92. The van der Waals surface area contributed by atoms with E-state index in [2.05, 4.69) is 59.6 Å². The molecule has 5 aromatic carbocycles. The van der Waals surface area contributed by atoms with Gasteiger partial charge in [-0.1, -0.05) is 91.0 Å². The molecule has 3 heteroatoms. The van der Waals surface area contributed by atoms with E-state index in [1.807, 2.05) is 54.6 Å². The molecule has 35 heavy (non-hydrogen) atoms. The van der Waals surface area contributed by atoms with Crippen LogP contribution in [-0.2, 0) is 0 Å². The minimum Gasteiger partial charge on any atom is -0.507 e. The van der Waals surface area contributed by atoms with Crippen molar-refractivity contribution in [3.8, 4) is 28.1 Å². The molecular weight excluding hydrogens is 428 g/mol. The van der Waals surface area contributed by atoms with E-state index in [1.54, 1.807) is 6.20 Å². The van der Waals surface area contributed by atoms with E-state index in [0.29, 0.717) is 5.56 Å². The lowest BCUT2D eigenvalue weighted by Gasteiger charge is -2.16. The van der Waals surface area contributed by atoms with Crippen molar-refractivity contribution in [2.24, 2.45) is 0 Å². The highest BCUT2D eigenvalue weighted by atomic mass is 16.3. The number of rotatable bonds is 2. The summed E-state index contributed by atoms with van der Waals surface area (Å²) in [6.45, 7) is 0. The van der Waals surface area contributed by atoms with Crippen LogP contribution in [0.2, 0.25) is 0 Å². The maximum absolute atomic E-state index is 11.8. The molecule has 0 fully saturated rings. The Morgan fingerprint density at radius 3 is 2.09 bits per heavy atom. The van der Waals surface area contributed by atoms with Crippen LogP contribution in [0.5, 0.6) is 5.75 Å². The second-order valence-electron chi connectivity index (χ2n) is 8.80. The summed E-state index contributed by atoms with van der Waals surface area (Å²) in [7, 11) is 0. The lowest BCUT2D eigenvalue weighted by atomic mass is 9.90.